The van der Waals surface area contributed by atoms with Crippen LogP contribution in [-0.4, -0.2) is 9.97 Å². The van der Waals surface area contributed by atoms with Crippen LogP contribution in [0.25, 0.3) is 10.2 Å². The molecule has 0 atom stereocenters. The maximum atomic E-state index is 4.27. The third kappa shape index (κ3) is 2.54. The van der Waals surface area contributed by atoms with E-state index in [0.717, 1.165) is 15.8 Å². The van der Waals surface area contributed by atoms with Crippen LogP contribution in [0.15, 0.2) is 34.1 Å². The van der Waals surface area contributed by atoms with Crippen molar-refractivity contribution in [3.63, 3.8) is 0 Å². The first-order valence-corrected chi connectivity index (χ1v) is 7.55. The predicted octanol–water partition coefficient (Wildman–Crippen LogP) is 4.65. The fourth-order valence-corrected chi connectivity index (χ4v) is 3.51. The van der Waals surface area contributed by atoms with E-state index in [1.807, 2.05) is 6.92 Å². The van der Waals surface area contributed by atoms with Crippen LogP contribution < -0.4 is 0 Å². The topological polar surface area (TPSA) is 50.5 Å². The van der Waals surface area contributed by atoms with E-state index in [2.05, 4.69) is 44.6 Å². The smallest absolute Gasteiger partial charge is 0.195 e. The maximum Gasteiger partial charge on any atom is 0.195 e. The minimum atomic E-state index is 0.606. The number of hydrogen-bond acceptors (Lipinski definition) is 6. The largest absolute Gasteiger partial charge is 0.235 e. The van der Waals surface area contributed by atoms with Crippen LogP contribution in [0.2, 0.25) is 0 Å². The molecular weight excluding hydrogens is 276 g/mol. The minimum Gasteiger partial charge on any atom is -0.235 e. The average molecular weight is 288 g/mol. The number of azo groups is 1. The summed E-state index contributed by atoms with van der Waals surface area (Å²) in [6, 6.07) is 4.19. The van der Waals surface area contributed by atoms with Gasteiger partial charge in [-0.2, -0.15) is 5.11 Å². The first-order chi connectivity index (χ1) is 9.24. The van der Waals surface area contributed by atoms with Crippen LogP contribution in [0.1, 0.15) is 15.3 Å². The Labute approximate surface area is 118 Å². The van der Waals surface area contributed by atoms with E-state index in [4.69, 9.17) is 0 Å². The van der Waals surface area contributed by atoms with Gasteiger partial charge in [0.2, 0.25) is 0 Å². The maximum absolute atomic E-state index is 4.27. The van der Waals surface area contributed by atoms with Crippen LogP contribution in [0.5, 0.6) is 0 Å². The van der Waals surface area contributed by atoms with Gasteiger partial charge in [-0.1, -0.05) is 0 Å². The second kappa shape index (κ2) is 5.14. The number of rotatable bonds is 3. The van der Waals surface area contributed by atoms with Crippen LogP contribution in [0.4, 0.5) is 5.82 Å². The molecule has 0 N–H and O–H groups in total. The zero-order chi connectivity index (χ0) is 13.2. The lowest BCUT2D eigenvalue weighted by Gasteiger charge is -1.94. The highest BCUT2D eigenvalue weighted by Crippen LogP contribution is 2.30. The highest BCUT2D eigenvalue weighted by molar-refractivity contribution is 7.17. The van der Waals surface area contributed by atoms with Gasteiger partial charge in [0.25, 0.3) is 0 Å². The molecule has 96 valence electrons. The summed E-state index contributed by atoms with van der Waals surface area (Å²) in [4.78, 5) is 11.0. The van der Waals surface area contributed by atoms with Gasteiger partial charge >= 0.3 is 0 Å². The molecule has 0 aliphatic carbocycles. The molecular formula is C13H12N4S2. The lowest BCUT2D eigenvalue weighted by atomic mass is 10.3. The Kier molecular flexibility index (Phi) is 3.35. The highest BCUT2D eigenvalue weighted by Gasteiger charge is 2.07. The molecule has 3 rings (SSSR count). The van der Waals surface area contributed by atoms with Crippen molar-refractivity contribution in [3.05, 3.63) is 39.2 Å². The van der Waals surface area contributed by atoms with E-state index in [1.54, 1.807) is 29.0 Å². The van der Waals surface area contributed by atoms with Gasteiger partial charge in [-0.3, -0.25) is 0 Å². The Morgan fingerprint density at radius 1 is 1.21 bits per heavy atom. The molecule has 0 saturated carbocycles. The van der Waals surface area contributed by atoms with Gasteiger partial charge in [0, 0.05) is 9.75 Å². The van der Waals surface area contributed by atoms with E-state index >= 15 is 0 Å². The second-order valence-electron chi connectivity index (χ2n) is 4.21. The minimum absolute atomic E-state index is 0.606. The summed E-state index contributed by atoms with van der Waals surface area (Å²) in [5.41, 5.74) is 2.13. The Bertz CT molecular complexity index is 742. The monoisotopic (exact) mass is 288 g/mol. The molecule has 6 heteroatoms. The lowest BCUT2D eigenvalue weighted by molar-refractivity contribution is 0.965. The van der Waals surface area contributed by atoms with Crippen molar-refractivity contribution in [3.8, 4) is 0 Å². The highest BCUT2D eigenvalue weighted by atomic mass is 32.1. The molecule has 0 aliphatic rings. The van der Waals surface area contributed by atoms with Gasteiger partial charge in [-0.05, 0) is 36.9 Å². The Balaban J connectivity index is 1.85. The molecule has 0 saturated heterocycles. The third-order valence-electron chi connectivity index (χ3n) is 2.70. The predicted molar refractivity (Wildman–Crippen MR) is 79.4 cm³/mol. The Hall–Kier alpha value is -1.66. The molecule has 0 aromatic carbocycles. The first-order valence-electron chi connectivity index (χ1n) is 5.85. The number of hydrogen-bond donors (Lipinski definition) is 0. The SMILES string of the molecule is Cc1ccc(CN=Nc2ncnc3c(C)csc23)s1. The Morgan fingerprint density at radius 3 is 2.89 bits per heavy atom. The molecule has 4 nitrogen and oxygen atoms in total. The molecule has 0 fully saturated rings. The van der Waals surface area contributed by atoms with E-state index in [-0.39, 0.29) is 0 Å². The quantitative estimate of drug-likeness (QED) is 0.658. The fraction of sp³-hybridized carbons (Fsp3) is 0.231. The van der Waals surface area contributed by atoms with E-state index in [0.29, 0.717) is 12.4 Å². The molecule has 0 unspecified atom stereocenters. The van der Waals surface area contributed by atoms with Crippen molar-refractivity contribution in [1.82, 2.24) is 9.97 Å². The molecule has 0 amide bonds. The van der Waals surface area contributed by atoms with Gasteiger partial charge in [0.05, 0.1) is 16.8 Å². The number of fused-ring (bicyclic) bond motifs is 1. The summed E-state index contributed by atoms with van der Waals surface area (Å²) >= 11 is 3.36. The van der Waals surface area contributed by atoms with Gasteiger partial charge in [0.15, 0.2) is 5.82 Å². The van der Waals surface area contributed by atoms with Crippen molar-refractivity contribution in [2.24, 2.45) is 10.2 Å². The molecule has 19 heavy (non-hydrogen) atoms. The summed E-state index contributed by atoms with van der Waals surface area (Å²) in [5, 5.41) is 10.6. The lowest BCUT2D eigenvalue weighted by Crippen LogP contribution is -1.80. The van der Waals surface area contributed by atoms with Crippen LogP contribution >= 0.6 is 22.7 Å². The van der Waals surface area contributed by atoms with Crippen molar-refractivity contribution in [2.75, 3.05) is 0 Å². The van der Waals surface area contributed by atoms with Gasteiger partial charge in [-0.25, -0.2) is 9.97 Å². The molecule has 3 aromatic heterocycles. The number of thiophene rings is 2. The standard InChI is InChI=1S/C13H12N4S2/c1-8-6-18-12-11(8)14-7-15-13(12)17-16-5-10-4-3-9(2)19-10/h3-4,6-7H,5H2,1-2H3. The molecule has 3 heterocycles. The molecule has 0 radical (unpaired) electrons. The van der Waals surface area contributed by atoms with Crippen LogP contribution in [0.3, 0.4) is 0 Å². The molecule has 3 aromatic rings. The number of aromatic nitrogens is 2. The van der Waals surface area contributed by atoms with Crippen molar-refractivity contribution in [1.29, 1.82) is 0 Å². The summed E-state index contributed by atoms with van der Waals surface area (Å²) in [7, 11) is 0. The normalized spacial score (nSPS) is 11.7. The van der Waals surface area contributed by atoms with Crippen molar-refractivity contribution < 1.29 is 0 Å². The van der Waals surface area contributed by atoms with Gasteiger partial charge < -0.3 is 0 Å². The van der Waals surface area contributed by atoms with Crippen molar-refractivity contribution in [2.45, 2.75) is 20.4 Å². The summed E-state index contributed by atoms with van der Waals surface area (Å²) < 4.78 is 1.01. The van der Waals surface area contributed by atoms with E-state index < -0.39 is 0 Å². The Morgan fingerprint density at radius 2 is 2.11 bits per heavy atom. The summed E-state index contributed by atoms with van der Waals surface area (Å²) in [5.74, 6) is 0.663. The van der Waals surface area contributed by atoms with Crippen LogP contribution in [-0.2, 0) is 6.54 Å². The van der Waals surface area contributed by atoms with Gasteiger partial charge in [-0.15, -0.1) is 27.8 Å². The van der Waals surface area contributed by atoms with Gasteiger partial charge in [0.1, 0.15) is 6.33 Å². The number of aryl methyl sites for hydroxylation is 2. The molecule has 0 spiro atoms. The molecule has 0 aliphatic heterocycles. The van der Waals surface area contributed by atoms with Crippen molar-refractivity contribution >= 4 is 38.7 Å². The average Bonchev–Trinajstić information content (AvgIpc) is 2.98. The fourth-order valence-electron chi connectivity index (χ4n) is 1.77. The number of nitrogens with zero attached hydrogens (tertiary/aromatic N) is 4. The zero-order valence-electron chi connectivity index (χ0n) is 10.6. The first kappa shape index (κ1) is 12.4. The molecule has 0 bridgehead atoms. The summed E-state index contributed by atoms with van der Waals surface area (Å²) in [6.45, 7) is 4.74. The van der Waals surface area contributed by atoms with E-state index in [9.17, 15) is 0 Å². The summed E-state index contributed by atoms with van der Waals surface area (Å²) in [6.07, 6.45) is 1.55. The van der Waals surface area contributed by atoms with E-state index in [1.165, 1.54) is 9.75 Å². The van der Waals surface area contributed by atoms with Crippen LogP contribution in [0, 0.1) is 13.8 Å². The third-order valence-corrected chi connectivity index (χ3v) is 4.77. The zero-order valence-corrected chi connectivity index (χ0v) is 12.3. The second-order valence-corrected chi connectivity index (χ2v) is 6.46.